The third-order valence-electron chi connectivity index (χ3n) is 14.8. The van der Waals surface area contributed by atoms with E-state index in [4.69, 9.17) is 24.3 Å². The van der Waals surface area contributed by atoms with Crippen molar-refractivity contribution in [3.05, 3.63) is 85.1 Å². The van der Waals surface area contributed by atoms with Gasteiger partial charge in [0.05, 0.1) is 13.2 Å². The maximum atomic E-state index is 12.7. The van der Waals surface area contributed by atoms with Crippen molar-refractivity contribution in [3.63, 3.8) is 0 Å². The highest BCUT2D eigenvalue weighted by molar-refractivity contribution is 7.47. The van der Waals surface area contributed by atoms with Gasteiger partial charge in [-0.1, -0.05) is 324 Å². The van der Waals surface area contributed by atoms with Gasteiger partial charge >= 0.3 is 19.8 Å². The fourth-order valence-corrected chi connectivity index (χ4v) is 10.6. The number of phosphoric acid groups is 1. The Balaban J connectivity index is 3.89. The van der Waals surface area contributed by atoms with Crippen molar-refractivity contribution in [2.45, 2.75) is 328 Å². The maximum Gasteiger partial charge on any atom is 0.472 e. The number of hydrogen-bond acceptors (Lipinski definition) is 8. The van der Waals surface area contributed by atoms with Crippen molar-refractivity contribution in [1.29, 1.82) is 0 Å². The normalized spacial score (nSPS) is 13.5. The van der Waals surface area contributed by atoms with E-state index >= 15 is 0 Å². The van der Waals surface area contributed by atoms with E-state index in [2.05, 4.69) is 98.9 Å². The summed E-state index contributed by atoms with van der Waals surface area (Å²) in [7, 11) is -4.41. The second-order valence-corrected chi connectivity index (χ2v) is 24.1. The molecule has 3 N–H and O–H groups in total. The molecule has 81 heavy (non-hydrogen) atoms. The zero-order valence-corrected chi connectivity index (χ0v) is 53.7. The first-order chi connectivity index (χ1) is 39.8. The van der Waals surface area contributed by atoms with Gasteiger partial charge in [0.1, 0.15) is 6.61 Å². The van der Waals surface area contributed by atoms with Gasteiger partial charge in [0, 0.05) is 19.4 Å². The van der Waals surface area contributed by atoms with Crippen molar-refractivity contribution in [3.8, 4) is 0 Å². The summed E-state index contributed by atoms with van der Waals surface area (Å²) < 4.78 is 33.1. The monoisotopic (exact) mass is 1150 g/mol. The first kappa shape index (κ1) is 78.2. The molecule has 0 fully saturated rings. The minimum absolute atomic E-state index is 0.0446. The lowest BCUT2D eigenvalue weighted by molar-refractivity contribution is -0.161. The van der Waals surface area contributed by atoms with Crippen LogP contribution in [0.4, 0.5) is 0 Å². The van der Waals surface area contributed by atoms with Crippen LogP contribution in [0.25, 0.3) is 0 Å². The van der Waals surface area contributed by atoms with Gasteiger partial charge in [0.25, 0.3) is 0 Å². The molecule has 470 valence electrons. The predicted molar refractivity (Wildman–Crippen MR) is 349 cm³/mol. The van der Waals surface area contributed by atoms with Crippen LogP contribution in [0.2, 0.25) is 0 Å². The number of rotatable bonds is 64. The molecule has 0 bridgehead atoms. The van der Waals surface area contributed by atoms with Crippen LogP contribution >= 0.6 is 7.82 Å². The average molecular weight is 1150 g/mol. The van der Waals surface area contributed by atoms with E-state index in [0.717, 1.165) is 83.5 Å². The molecule has 2 atom stereocenters. The minimum Gasteiger partial charge on any atom is -0.462 e. The summed E-state index contributed by atoms with van der Waals surface area (Å²) in [5.74, 6) is -0.859. The van der Waals surface area contributed by atoms with Crippen LogP contribution < -0.4 is 5.73 Å². The minimum atomic E-state index is -4.41. The number of allylic oxidation sites excluding steroid dienone is 14. The number of nitrogens with two attached hydrogens (primary N) is 1. The van der Waals surface area contributed by atoms with Crippen LogP contribution in [0.1, 0.15) is 322 Å². The molecule has 2 unspecified atom stereocenters. The van der Waals surface area contributed by atoms with Crippen LogP contribution in [0.3, 0.4) is 0 Å². The zero-order valence-electron chi connectivity index (χ0n) is 52.8. The second kappa shape index (κ2) is 66.3. The molecule has 0 spiro atoms. The van der Waals surface area contributed by atoms with E-state index < -0.39 is 26.5 Å². The van der Waals surface area contributed by atoms with Gasteiger partial charge in [-0.2, -0.15) is 0 Å². The number of carbonyl (C=O) groups is 2. The fourth-order valence-electron chi connectivity index (χ4n) is 9.80. The molecule has 0 radical (unpaired) electrons. The van der Waals surface area contributed by atoms with E-state index in [0.29, 0.717) is 6.42 Å². The molecule has 0 saturated carbocycles. The van der Waals surface area contributed by atoms with E-state index in [9.17, 15) is 19.0 Å². The van der Waals surface area contributed by atoms with Gasteiger partial charge in [-0.05, 0) is 70.6 Å². The van der Waals surface area contributed by atoms with Crippen molar-refractivity contribution < 1.29 is 37.6 Å². The predicted octanol–water partition coefficient (Wildman–Crippen LogP) is 22.2. The summed E-state index contributed by atoms with van der Waals surface area (Å²) in [4.78, 5) is 35.3. The molecule has 9 nitrogen and oxygen atoms in total. The SMILES string of the molecule is CC/C=C\C/C=C\C/C=C\C/C=C\C/C=C\C/C=C\C/C=C\CCCCCC(=O)OC(COC(=O)CCCCCCCCCCCCCCCCCCCCCCCCCCCCCCCCCCCCC)COP(=O)(O)OCCN. The largest absolute Gasteiger partial charge is 0.472 e. The van der Waals surface area contributed by atoms with Crippen molar-refractivity contribution >= 4 is 19.8 Å². The van der Waals surface area contributed by atoms with Crippen molar-refractivity contribution in [2.24, 2.45) is 5.73 Å². The fraction of sp³-hybridized carbons (Fsp3) is 0.775. The molecule has 0 aliphatic carbocycles. The van der Waals surface area contributed by atoms with Gasteiger partial charge < -0.3 is 20.1 Å². The van der Waals surface area contributed by atoms with Crippen LogP contribution in [-0.4, -0.2) is 49.3 Å². The summed E-state index contributed by atoms with van der Waals surface area (Å²) in [6, 6.07) is 0. The Kier molecular flexibility index (Phi) is 64.0. The smallest absolute Gasteiger partial charge is 0.462 e. The average Bonchev–Trinajstić information content (AvgIpc) is 3.46. The molecule has 10 heteroatoms. The van der Waals surface area contributed by atoms with Crippen molar-refractivity contribution in [2.75, 3.05) is 26.4 Å². The van der Waals surface area contributed by atoms with E-state index in [-0.39, 0.29) is 38.6 Å². The number of phosphoric ester groups is 1. The van der Waals surface area contributed by atoms with Crippen LogP contribution in [0, 0.1) is 0 Å². The Hall–Kier alpha value is -2.81. The maximum absolute atomic E-state index is 12.7. The lowest BCUT2D eigenvalue weighted by Gasteiger charge is -2.19. The summed E-state index contributed by atoms with van der Waals surface area (Å²) in [5, 5.41) is 0. The lowest BCUT2D eigenvalue weighted by atomic mass is 10.0. The zero-order chi connectivity index (χ0) is 58.7. The molecule has 0 aromatic carbocycles. The van der Waals surface area contributed by atoms with Gasteiger partial charge in [0.15, 0.2) is 6.10 Å². The molecule has 0 heterocycles. The summed E-state index contributed by atoms with van der Waals surface area (Å²) in [5.41, 5.74) is 5.39. The number of unbranched alkanes of at least 4 members (excludes halogenated alkanes) is 37. The molecular weight excluding hydrogens is 1030 g/mol. The van der Waals surface area contributed by atoms with Gasteiger partial charge in [-0.25, -0.2) is 4.57 Å². The molecule has 0 aromatic rings. The Morgan fingerprint density at radius 3 is 1.01 bits per heavy atom. The quantitative estimate of drug-likeness (QED) is 0.0264. The molecule has 0 rings (SSSR count). The first-order valence-electron chi connectivity index (χ1n) is 34.1. The molecule has 0 amide bonds. The molecule has 0 saturated heterocycles. The van der Waals surface area contributed by atoms with Gasteiger partial charge in [-0.15, -0.1) is 0 Å². The summed E-state index contributed by atoms with van der Waals surface area (Å²) in [6.45, 7) is 3.63. The summed E-state index contributed by atoms with van der Waals surface area (Å²) >= 11 is 0. The van der Waals surface area contributed by atoms with Crippen LogP contribution in [0.15, 0.2) is 85.1 Å². The van der Waals surface area contributed by atoms with Crippen LogP contribution in [-0.2, 0) is 32.7 Å². The van der Waals surface area contributed by atoms with E-state index in [1.807, 2.05) is 0 Å². The molecule has 0 aliphatic heterocycles. The molecule has 0 aromatic heterocycles. The van der Waals surface area contributed by atoms with Gasteiger partial charge in [0.2, 0.25) is 0 Å². The van der Waals surface area contributed by atoms with Crippen LogP contribution in [0.5, 0.6) is 0 Å². The molecule has 0 aliphatic rings. The third kappa shape index (κ3) is 66.2. The second-order valence-electron chi connectivity index (χ2n) is 22.7. The van der Waals surface area contributed by atoms with E-state index in [1.165, 1.54) is 205 Å². The Morgan fingerprint density at radius 1 is 0.383 bits per heavy atom. The number of ether oxygens (including phenoxy) is 2. The highest BCUT2D eigenvalue weighted by atomic mass is 31.2. The Bertz CT molecular complexity index is 1600. The Morgan fingerprint density at radius 2 is 0.679 bits per heavy atom. The number of carbonyl (C=O) groups excluding carboxylic acids is 2. The number of esters is 2. The van der Waals surface area contributed by atoms with E-state index in [1.54, 1.807) is 0 Å². The highest BCUT2D eigenvalue weighted by Gasteiger charge is 2.26. The van der Waals surface area contributed by atoms with Crippen molar-refractivity contribution in [1.82, 2.24) is 0 Å². The first-order valence-corrected chi connectivity index (χ1v) is 35.6. The standard InChI is InChI=1S/C71H128NO8P/c1-3-5-7-9-11-13-15-17-19-21-23-25-27-29-30-31-32-33-34-35-36-37-38-40-41-43-45-47-49-51-53-55-57-59-61-63-70(73)77-67-69(68-79-81(75,76)78-66-65-72)80-71(74)64-62-60-58-56-54-52-50-48-46-44-42-39-28-26-24-22-20-18-16-14-12-10-8-6-4-2/h6,8,12,14,18,20,24,26,39,42,46,48,52,54,69H,3-5,7,9-11,13,15-17,19,21-23,25,27-38,40-41,43-45,47,49-51,53,55-68,72H2,1-2H3,(H,75,76)/b8-6-,14-12-,20-18-,26-24-,42-39-,48-46-,54-52-. The molecular formula is C71H128NO8P. The Labute approximate surface area is 500 Å². The number of hydrogen-bond donors (Lipinski definition) is 2. The lowest BCUT2D eigenvalue weighted by Crippen LogP contribution is -2.29. The third-order valence-corrected chi connectivity index (χ3v) is 15.8. The summed E-state index contributed by atoms with van der Waals surface area (Å²) in [6.07, 6.45) is 88.3. The van der Waals surface area contributed by atoms with Gasteiger partial charge in [-0.3, -0.25) is 18.6 Å². The highest BCUT2D eigenvalue weighted by Crippen LogP contribution is 2.43. The topological polar surface area (TPSA) is 134 Å².